The van der Waals surface area contributed by atoms with Gasteiger partial charge in [-0.1, -0.05) is 382 Å². The average Bonchev–Trinajstić information content (AvgIpc) is 0.859. The molecule has 0 atom stereocenters. The van der Waals surface area contributed by atoms with Crippen LogP contribution in [-0.4, -0.2) is 0 Å². The minimum absolute atomic E-state index is 0.198. The number of benzene rings is 16. The SMILES string of the molecule is Cc1ccc(-c2ccc(C)c(Cl)c2F)cc1.Cc1ccc(-c2ccc(C)c(Cl)c2F)cc1.Cc1ccc(-c2ccc(C)c(F)c2Cl)cc1.Cc1ccc(-c2ccc(C)c(F)c2Cl)cc1.Cc1ccc(-c2ccc(C)c(F)c2F)cc1.Cc1ccc(-c2ccc(C)c(F)c2F)cc1.Cc1ccc(-c2ccc(C)c(F)c2F)cc1.Cc1ccc(-c2ccc(C)c(F)c2F)cc1. The highest BCUT2D eigenvalue weighted by atomic mass is 35.5. The Morgan fingerprint density at radius 1 is 0.117 bits per heavy atom. The van der Waals surface area contributed by atoms with Crippen LogP contribution in [0.3, 0.4) is 0 Å². The van der Waals surface area contributed by atoms with Gasteiger partial charge in [0.2, 0.25) is 0 Å². The van der Waals surface area contributed by atoms with Crippen LogP contribution in [0.25, 0.3) is 89.0 Å². The summed E-state index contributed by atoms with van der Waals surface area (Å²) in [6, 6.07) is 87.8. The molecule has 0 unspecified atom stereocenters. The van der Waals surface area contributed by atoms with E-state index in [4.69, 9.17) is 46.4 Å². The van der Waals surface area contributed by atoms with Crippen molar-refractivity contribution < 1.29 is 52.7 Å². The van der Waals surface area contributed by atoms with E-state index in [9.17, 15) is 52.7 Å². The first-order valence-electron chi connectivity index (χ1n) is 40.9. The number of hydrogen-bond donors (Lipinski definition) is 0. The van der Waals surface area contributed by atoms with Crippen LogP contribution in [-0.2, 0) is 0 Å². The van der Waals surface area contributed by atoms with Gasteiger partial charge in [-0.05, 0) is 200 Å². The maximum absolute atomic E-state index is 13.9. The highest BCUT2D eigenvalue weighted by Crippen LogP contribution is 2.38. The van der Waals surface area contributed by atoms with Gasteiger partial charge in [-0.15, -0.1) is 0 Å². The fraction of sp³-hybridized carbons (Fsp3) is 0.143. The summed E-state index contributed by atoms with van der Waals surface area (Å²) in [7, 11) is 0. The van der Waals surface area contributed by atoms with Crippen molar-refractivity contribution in [1.29, 1.82) is 0 Å². The van der Waals surface area contributed by atoms with E-state index in [-0.39, 0.29) is 43.4 Å². The van der Waals surface area contributed by atoms with Gasteiger partial charge in [0.05, 0.1) is 20.1 Å². The normalized spacial score (nSPS) is 10.5. The number of rotatable bonds is 8. The molecule has 16 aromatic rings. The molecule has 16 aromatic carbocycles. The zero-order chi connectivity index (χ0) is 93.7. The lowest BCUT2D eigenvalue weighted by Gasteiger charge is -2.07. The Bertz CT molecular complexity index is 5310. The van der Waals surface area contributed by atoms with Crippen molar-refractivity contribution >= 4 is 46.4 Å². The van der Waals surface area contributed by atoms with Crippen LogP contribution < -0.4 is 0 Å². The van der Waals surface area contributed by atoms with Crippen LogP contribution in [0.5, 0.6) is 0 Å². The van der Waals surface area contributed by atoms with Crippen molar-refractivity contribution in [3.05, 3.63) is 470 Å². The monoisotopic (exact) mass is 1810 g/mol. The van der Waals surface area contributed by atoms with Crippen molar-refractivity contribution in [3.63, 3.8) is 0 Å². The number of hydrogen-bond acceptors (Lipinski definition) is 0. The van der Waals surface area contributed by atoms with Crippen molar-refractivity contribution in [2.75, 3.05) is 0 Å². The maximum Gasteiger partial charge on any atom is 0.166 e. The summed E-state index contributed by atoms with van der Waals surface area (Å²) in [4.78, 5) is 0. The first kappa shape index (κ1) is 99.6. The maximum atomic E-state index is 13.9. The average molecular weight is 1810 g/mol. The molecule has 16 heteroatoms. The third-order valence-electron chi connectivity index (χ3n) is 21.1. The molecule has 0 aromatic heterocycles. The van der Waals surface area contributed by atoms with Gasteiger partial charge in [0, 0.05) is 44.5 Å². The smallest absolute Gasteiger partial charge is 0.166 e. The standard InChI is InChI=1S/4C14H12ClF.4C14H12F2/c2*1-9-3-6-11(7-4-9)12-8-5-10(2)14(16)13(12)15;6*1-9-3-6-11(7-4-9)12-8-5-10(2)13(15)14(12)16/h8*3-8H,1-2H3. The molecule has 0 spiro atoms. The zero-order valence-corrected chi connectivity index (χ0v) is 76.8. The fourth-order valence-electron chi connectivity index (χ4n) is 12.8. The molecule has 0 aliphatic heterocycles. The summed E-state index contributed by atoms with van der Waals surface area (Å²) in [6.45, 7) is 29.1. The first-order valence-corrected chi connectivity index (χ1v) is 42.4. The van der Waals surface area contributed by atoms with E-state index in [1.165, 1.54) is 11.1 Å². The van der Waals surface area contributed by atoms with Crippen LogP contribution in [0.1, 0.15) is 89.0 Å². The number of halogens is 16. The predicted octanol–water partition coefficient (Wildman–Crippen LogP) is 36.0. The molecule has 0 aliphatic rings. The van der Waals surface area contributed by atoms with Crippen LogP contribution in [0.15, 0.2) is 291 Å². The molecule has 0 heterocycles. The van der Waals surface area contributed by atoms with E-state index >= 15 is 0 Å². The molecule has 0 radical (unpaired) electrons. The van der Waals surface area contributed by atoms with Gasteiger partial charge in [-0.25, -0.2) is 52.7 Å². The molecular formula is C112H96Cl4F12. The van der Waals surface area contributed by atoms with Crippen molar-refractivity contribution in [2.24, 2.45) is 0 Å². The fourth-order valence-corrected chi connectivity index (χ4v) is 13.8. The molecule has 0 bridgehead atoms. The predicted molar refractivity (Wildman–Crippen MR) is 510 cm³/mol. The molecule has 16 rings (SSSR count). The second-order valence-corrected chi connectivity index (χ2v) is 32.9. The van der Waals surface area contributed by atoms with E-state index in [2.05, 4.69) is 0 Å². The summed E-state index contributed by atoms with van der Waals surface area (Å²) in [5.74, 6) is -7.51. The Morgan fingerprint density at radius 3 is 0.406 bits per heavy atom. The lowest BCUT2D eigenvalue weighted by molar-refractivity contribution is 0.505. The molecule has 0 nitrogen and oxygen atoms in total. The van der Waals surface area contributed by atoms with Gasteiger partial charge in [-0.2, -0.15) is 0 Å². The van der Waals surface area contributed by atoms with Gasteiger partial charge < -0.3 is 0 Å². The molecule has 0 N–H and O–H groups in total. The summed E-state index contributed by atoms with van der Waals surface area (Å²) < 4.78 is 163. The largest absolute Gasteiger partial charge is 0.205 e. The van der Waals surface area contributed by atoms with Crippen LogP contribution in [0.2, 0.25) is 20.1 Å². The first-order chi connectivity index (χ1) is 60.7. The Hall–Kier alpha value is -12.2. The van der Waals surface area contributed by atoms with Gasteiger partial charge in [0.15, 0.2) is 46.5 Å². The Balaban J connectivity index is 0.000000165. The highest BCUT2D eigenvalue weighted by Gasteiger charge is 2.20. The zero-order valence-electron chi connectivity index (χ0n) is 73.8. The molecule has 0 saturated heterocycles. The second-order valence-electron chi connectivity index (χ2n) is 31.4. The topological polar surface area (TPSA) is 0 Å². The van der Waals surface area contributed by atoms with E-state index in [1.54, 1.807) is 177 Å². The van der Waals surface area contributed by atoms with Gasteiger partial charge in [0.1, 0.15) is 23.3 Å². The summed E-state index contributed by atoms with van der Waals surface area (Å²) >= 11 is 23.8. The van der Waals surface area contributed by atoms with E-state index in [1.807, 2.05) is 225 Å². The number of aryl methyl sites for hydroxylation is 16. The van der Waals surface area contributed by atoms with Gasteiger partial charge in [-0.3, -0.25) is 0 Å². The third-order valence-corrected chi connectivity index (χ3v) is 22.8. The van der Waals surface area contributed by atoms with E-state index in [0.717, 1.165) is 77.9 Å². The van der Waals surface area contributed by atoms with E-state index in [0.29, 0.717) is 89.0 Å². The molecule has 0 amide bonds. The molecule has 0 fully saturated rings. The second kappa shape index (κ2) is 46.0. The molecule has 0 aliphatic carbocycles. The molecule has 0 saturated carbocycles. The van der Waals surface area contributed by atoms with Crippen LogP contribution in [0, 0.1) is 181 Å². The highest BCUT2D eigenvalue weighted by molar-refractivity contribution is 6.34. The minimum atomic E-state index is -0.774. The summed E-state index contributed by atoms with van der Waals surface area (Å²) in [5.41, 5.74) is 23.2. The quantitative estimate of drug-likeness (QED) is 0.133. The lowest BCUT2D eigenvalue weighted by atomic mass is 10.0. The lowest BCUT2D eigenvalue weighted by Crippen LogP contribution is -1.92. The van der Waals surface area contributed by atoms with Crippen molar-refractivity contribution in [3.8, 4) is 89.0 Å². The van der Waals surface area contributed by atoms with Crippen molar-refractivity contribution in [2.45, 2.75) is 111 Å². The van der Waals surface area contributed by atoms with E-state index < -0.39 is 46.5 Å². The Morgan fingerprint density at radius 2 is 0.242 bits per heavy atom. The Kier molecular flexibility index (Phi) is 35.8. The molecule has 128 heavy (non-hydrogen) atoms. The minimum Gasteiger partial charge on any atom is -0.205 e. The summed E-state index contributed by atoms with van der Waals surface area (Å²) in [6.07, 6.45) is 0. The Labute approximate surface area is 763 Å². The van der Waals surface area contributed by atoms with Crippen LogP contribution >= 0.6 is 46.4 Å². The molecule has 656 valence electrons. The van der Waals surface area contributed by atoms with Gasteiger partial charge >= 0.3 is 0 Å². The summed E-state index contributed by atoms with van der Waals surface area (Å²) in [5, 5.41) is 0.809. The van der Waals surface area contributed by atoms with Crippen LogP contribution in [0.4, 0.5) is 52.7 Å². The van der Waals surface area contributed by atoms with Crippen molar-refractivity contribution in [1.82, 2.24) is 0 Å². The van der Waals surface area contributed by atoms with Gasteiger partial charge in [0.25, 0.3) is 0 Å². The molecular weight excluding hydrogens is 1720 g/mol. The third kappa shape index (κ3) is 26.1.